The summed E-state index contributed by atoms with van der Waals surface area (Å²) < 4.78 is 5.57. The predicted octanol–water partition coefficient (Wildman–Crippen LogP) is 2.43. The minimum atomic E-state index is -0.518. The first-order chi connectivity index (χ1) is 7.99. The Hall–Kier alpha value is -1.26. The Bertz CT molecular complexity index is 381. The first kappa shape index (κ1) is 16.7. The number of carbonyl (C=O) groups excluding carboxylic acids is 1. The molecule has 1 aromatic rings. The number of halogens is 1. The fourth-order valence-corrected chi connectivity index (χ4v) is 1.18. The minimum absolute atomic E-state index is 0. The van der Waals surface area contributed by atoms with Crippen LogP contribution in [0.5, 0.6) is 5.75 Å². The van der Waals surface area contributed by atoms with E-state index < -0.39 is 6.04 Å². The van der Waals surface area contributed by atoms with Crippen molar-refractivity contribution in [3.63, 3.8) is 0 Å². The maximum absolute atomic E-state index is 11.4. The number of anilines is 1. The van der Waals surface area contributed by atoms with Crippen LogP contribution in [-0.2, 0) is 4.79 Å². The van der Waals surface area contributed by atoms with Gasteiger partial charge in [0.25, 0.3) is 0 Å². The molecule has 0 saturated carbocycles. The highest BCUT2D eigenvalue weighted by Gasteiger charge is 2.07. The smallest absolute Gasteiger partial charge is 0.241 e. The van der Waals surface area contributed by atoms with Gasteiger partial charge in [-0.15, -0.1) is 12.4 Å². The van der Waals surface area contributed by atoms with Crippen molar-refractivity contribution >= 4 is 24.0 Å². The number of nitrogens with one attached hydrogen (secondary N) is 1. The second-order valence-electron chi connectivity index (χ2n) is 4.51. The van der Waals surface area contributed by atoms with Crippen molar-refractivity contribution in [1.29, 1.82) is 0 Å². The van der Waals surface area contributed by atoms with Crippen LogP contribution in [0.2, 0.25) is 0 Å². The molecule has 102 valence electrons. The summed E-state index contributed by atoms with van der Waals surface area (Å²) in [6.45, 7) is 6.47. The first-order valence-electron chi connectivity index (χ1n) is 5.78. The molecule has 5 heteroatoms. The molecule has 3 N–H and O–H groups in total. The second-order valence-corrected chi connectivity index (χ2v) is 4.51. The number of nitrogens with two attached hydrogens (primary N) is 1. The third-order valence-electron chi connectivity index (χ3n) is 2.10. The lowest BCUT2D eigenvalue weighted by Gasteiger charge is -2.11. The first-order valence-corrected chi connectivity index (χ1v) is 5.78. The number of benzene rings is 1. The normalized spacial score (nSPS) is 11.6. The van der Waals surface area contributed by atoms with E-state index in [1.54, 1.807) is 13.0 Å². The molecule has 0 unspecified atom stereocenters. The molecule has 0 aliphatic heterocycles. The molecular weight excluding hydrogens is 252 g/mol. The molecule has 0 fully saturated rings. The van der Waals surface area contributed by atoms with Crippen molar-refractivity contribution in [1.82, 2.24) is 0 Å². The van der Waals surface area contributed by atoms with Crippen LogP contribution in [0.25, 0.3) is 0 Å². The van der Waals surface area contributed by atoms with E-state index >= 15 is 0 Å². The molecule has 1 aromatic carbocycles. The van der Waals surface area contributed by atoms with Gasteiger partial charge in [0.2, 0.25) is 5.91 Å². The van der Waals surface area contributed by atoms with Crippen molar-refractivity contribution in [3.8, 4) is 5.75 Å². The zero-order valence-corrected chi connectivity index (χ0v) is 11.8. The molecule has 0 spiro atoms. The highest BCUT2D eigenvalue weighted by molar-refractivity contribution is 5.94. The predicted molar refractivity (Wildman–Crippen MR) is 76.3 cm³/mol. The monoisotopic (exact) mass is 272 g/mol. The van der Waals surface area contributed by atoms with Gasteiger partial charge in [-0.05, 0) is 25.0 Å². The molecule has 0 heterocycles. The third-order valence-corrected chi connectivity index (χ3v) is 2.10. The van der Waals surface area contributed by atoms with Gasteiger partial charge >= 0.3 is 0 Å². The molecule has 0 aromatic heterocycles. The SMILES string of the molecule is CC(C)COc1cccc(NC(=O)[C@@H](C)N)c1.Cl. The maximum Gasteiger partial charge on any atom is 0.241 e. The Morgan fingerprint density at radius 2 is 2.06 bits per heavy atom. The van der Waals surface area contributed by atoms with E-state index in [2.05, 4.69) is 19.2 Å². The number of hydrogen-bond acceptors (Lipinski definition) is 3. The average Bonchev–Trinajstić information content (AvgIpc) is 2.26. The third kappa shape index (κ3) is 5.89. The van der Waals surface area contributed by atoms with Crippen molar-refractivity contribution < 1.29 is 9.53 Å². The van der Waals surface area contributed by atoms with Crippen LogP contribution < -0.4 is 15.8 Å². The van der Waals surface area contributed by atoms with Gasteiger partial charge in [0.1, 0.15) is 5.75 Å². The Kier molecular flexibility index (Phi) is 7.39. The summed E-state index contributed by atoms with van der Waals surface area (Å²) in [4.78, 5) is 11.4. The summed E-state index contributed by atoms with van der Waals surface area (Å²) in [7, 11) is 0. The van der Waals surface area contributed by atoms with Gasteiger partial charge < -0.3 is 15.8 Å². The number of hydrogen-bond donors (Lipinski definition) is 2. The molecule has 1 atom stereocenters. The lowest BCUT2D eigenvalue weighted by atomic mass is 10.2. The van der Waals surface area contributed by atoms with Gasteiger partial charge in [-0.3, -0.25) is 4.79 Å². The van der Waals surface area contributed by atoms with E-state index in [0.29, 0.717) is 18.2 Å². The molecule has 0 radical (unpaired) electrons. The van der Waals surface area contributed by atoms with Crippen LogP contribution in [0.4, 0.5) is 5.69 Å². The fourth-order valence-electron chi connectivity index (χ4n) is 1.18. The molecule has 0 bridgehead atoms. The van der Waals surface area contributed by atoms with Crippen molar-refractivity contribution in [2.45, 2.75) is 26.8 Å². The van der Waals surface area contributed by atoms with Crippen LogP contribution in [-0.4, -0.2) is 18.6 Å². The summed E-state index contributed by atoms with van der Waals surface area (Å²) in [5, 5.41) is 2.73. The van der Waals surface area contributed by atoms with Gasteiger partial charge in [-0.2, -0.15) is 0 Å². The number of amides is 1. The van der Waals surface area contributed by atoms with Crippen molar-refractivity contribution in [2.75, 3.05) is 11.9 Å². The van der Waals surface area contributed by atoms with Crippen LogP contribution in [0.1, 0.15) is 20.8 Å². The quantitative estimate of drug-likeness (QED) is 0.865. The van der Waals surface area contributed by atoms with Crippen molar-refractivity contribution in [2.24, 2.45) is 11.7 Å². The van der Waals surface area contributed by atoms with Gasteiger partial charge in [-0.25, -0.2) is 0 Å². The molecule has 0 aliphatic carbocycles. The van der Waals surface area contributed by atoms with Gasteiger partial charge in [0, 0.05) is 11.8 Å². The van der Waals surface area contributed by atoms with Gasteiger partial charge in [0.05, 0.1) is 12.6 Å². The van der Waals surface area contributed by atoms with Gasteiger partial charge in [0.15, 0.2) is 0 Å². The number of rotatable bonds is 5. The zero-order chi connectivity index (χ0) is 12.8. The minimum Gasteiger partial charge on any atom is -0.493 e. The second kappa shape index (κ2) is 7.95. The highest BCUT2D eigenvalue weighted by atomic mass is 35.5. The highest BCUT2D eigenvalue weighted by Crippen LogP contribution is 2.18. The summed E-state index contributed by atoms with van der Waals surface area (Å²) >= 11 is 0. The fraction of sp³-hybridized carbons (Fsp3) is 0.462. The van der Waals surface area contributed by atoms with E-state index in [9.17, 15) is 4.79 Å². The summed E-state index contributed by atoms with van der Waals surface area (Å²) in [6, 6.07) is 6.79. The Morgan fingerprint density at radius 1 is 1.39 bits per heavy atom. The molecule has 1 amide bonds. The molecular formula is C13H21ClN2O2. The Balaban J connectivity index is 0.00000289. The Morgan fingerprint density at radius 3 is 2.61 bits per heavy atom. The van der Waals surface area contributed by atoms with Gasteiger partial charge in [-0.1, -0.05) is 19.9 Å². The average molecular weight is 273 g/mol. The summed E-state index contributed by atoms with van der Waals surface area (Å²) in [5.41, 5.74) is 6.18. The standard InChI is InChI=1S/C13H20N2O2.ClH/c1-9(2)8-17-12-6-4-5-11(7-12)15-13(16)10(3)14;/h4-7,9-10H,8,14H2,1-3H3,(H,15,16);1H/t10-;/m1./s1. The van der Waals surface area contributed by atoms with Crippen LogP contribution in [0.15, 0.2) is 24.3 Å². The van der Waals surface area contributed by atoms with E-state index in [-0.39, 0.29) is 18.3 Å². The molecule has 4 nitrogen and oxygen atoms in total. The molecule has 18 heavy (non-hydrogen) atoms. The largest absolute Gasteiger partial charge is 0.493 e. The van der Waals surface area contributed by atoms with Crippen LogP contribution >= 0.6 is 12.4 Å². The van der Waals surface area contributed by atoms with E-state index in [4.69, 9.17) is 10.5 Å². The van der Waals surface area contributed by atoms with E-state index in [1.807, 2.05) is 18.2 Å². The van der Waals surface area contributed by atoms with E-state index in [1.165, 1.54) is 0 Å². The van der Waals surface area contributed by atoms with Crippen LogP contribution in [0, 0.1) is 5.92 Å². The maximum atomic E-state index is 11.4. The molecule has 1 rings (SSSR count). The topological polar surface area (TPSA) is 64.3 Å². The van der Waals surface area contributed by atoms with E-state index in [0.717, 1.165) is 5.75 Å². The lowest BCUT2D eigenvalue weighted by molar-refractivity contribution is -0.117. The molecule has 0 saturated heterocycles. The Labute approximate surface area is 114 Å². The lowest BCUT2D eigenvalue weighted by Crippen LogP contribution is -2.32. The molecule has 0 aliphatic rings. The van der Waals surface area contributed by atoms with Crippen molar-refractivity contribution in [3.05, 3.63) is 24.3 Å². The number of carbonyl (C=O) groups is 1. The number of ether oxygens (including phenoxy) is 1. The zero-order valence-electron chi connectivity index (χ0n) is 11.0. The summed E-state index contributed by atoms with van der Waals surface area (Å²) in [6.07, 6.45) is 0. The van der Waals surface area contributed by atoms with Crippen LogP contribution in [0.3, 0.4) is 0 Å². The summed E-state index contributed by atoms with van der Waals surface area (Å²) in [5.74, 6) is 1.02.